The van der Waals surface area contributed by atoms with Crippen molar-refractivity contribution in [2.75, 3.05) is 5.32 Å². The zero-order valence-corrected chi connectivity index (χ0v) is 18.4. The van der Waals surface area contributed by atoms with Crippen molar-refractivity contribution in [3.05, 3.63) is 75.5 Å². The Kier molecular flexibility index (Phi) is 5.88. The van der Waals surface area contributed by atoms with Crippen LogP contribution in [0.1, 0.15) is 52.0 Å². The molecule has 172 valence electrons. The number of hydrogen-bond donors (Lipinski definition) is 2. The topological polar surface area (TPSA) is 178 Å². The first-order chi connectivity index (χ1) is 16.3. The average molecular weight is 461 g/mol. The number of carbonyl (C=O) groups excluding carboxylic acids is 1. The van der Waals surface area contributed by atoms with Gasteiger partial charge in [-0.1, -0.05) is 30.3 Å². The molecule has 13 nitrogen and oxygen atoms in total. The van der Waals surface area contributed by atoms with Crippen LogP contribution in [0.2, 0.25) is 0 Å². The van der Waals surface area contributed by atoms with Gasteiger partial charge >= 0.3 is 0 Å². The van der Waals surface area contributed by atoms with Gasteiger partial charge in [0.15, 0.2) is 11.5 Å². The van der Waals surface area contributed by atoms with Crippen LogP contribution in [0.5, 0.6) is 5.75 Å². The summed E-state index contributed by atoms with van der Waals surface area (Å²) in [5.41, 5.74) is -0.0623. The maximum atomic E-state index is 12.8. The van der Waals surface area contributed by atoms with Crippen LogP contribution in [0.4, 0.5) is 5.69 Å². The fourth-order valence-corrected chi connectivity index (χ4v) is 3.70. The van der Waals surface area contributed by atoms with E-state index in [9.17, 15) is 20.0 Å². The summed E-state index contributed by atoms with van der Waals surface area (Å²) >= 11 is 0. The van der Waals surface area contributed by atoms with Crippen LogP contribution in [-0.4, -0.2) is 45.9 Å². The molecule has 4 aromatic rings. The molecule has 0 fully saturated rings. The van der Waals surface area contributed by atoms with Gasteiger partial charge in [-0.25, -0.2) is 4.98 Å². The quantitative estimate of drug-likeness (QED) is 0.422. The standard InChI is InChI=1S/C21H19N9O4/c1-11(15(18-26-28-30(3)27-18)14-7-5-4-6-12(14)8-22)19-25-16(17(31)21(33)29(19)2)20(32)24-13-9-23-34-10-13/h4-7,9-11,15,31H,1-3H3,(H,24,32)/t11-,15+/m0/s1. The van der Waals surface area contributed by atoms with Gasteiger partial charge < -0.3 is 14.9 Å². The van der Waals surface area contributed by atoms with Gasteiger partial charge in [-0.15, -0.1) is 10.2 Å². The molecule has 0 aliphatic carbocycles. The predicted octanol–water partition coefficient (Wildman–Crippen LogP) is 1.06. The lowest BCUT2D eigenvalue weighted by molar-refractivity contribution is 0.101. The summed E-state index contributed by atoms with van der Waals surface area (Å²) in [6, 6.07) is 9.08. The molecule has 0 aliphatic heterocycles. The number of aryl methyl sites for hydroxylation is 1. The number of hydrogen-bond acceptors (Lipinski definition) is 10. The van der Waals surface area contributed by atoms with E-state index in [1.165, 1.54) is 24.3 Å². The molecule has 2 N–H and O–H groups in total. The summed E-state index contributed by atoms with van der Waals surface area (Å²) in [6.07, 6.45) is 2.45. The summed E-state index contributed by atoms with van der Waals surface area (Å²) in [6.45, 7) is 1.76. The average Bonchev–Trinajstić information content (AvgIpc) is 3.50. The van der Waals surface area contributed by atoms with E-state index >= 15 is 0 Å². The zero-order chi connectivity index (χ0) is 24.4. The Balaban J connectivity index is 1.85. The van der Waals surface area contributed by atoms with Gasteiger partial charge in [0, 0.05) is 13.0 Å². The van der Waals surface area contributed by atoms with E-state index in [2.05, 4.69) is 41.5 Å². The predicted molar refractivity (Wildman–Crippen MR) is 116 cm³/mol. The molecule has 3 aromatic heterocycles. The maximum absolute atomic E-state index is 12.8. The smallest absolute Gasteiger partial charge is 0.296 e. The van der Waals surface area contributed by atoms with Crippen molar-refractivity contribution in [2.45, 2.75) is 18.8 Å². The van der Waals surface area contributed by atoms with Crippen LogP contribution >= 0.6 is 0 Å². The summed E-state index contributed by atoms with van der Waals surface area (Å²) in [4.78, 5) is 31.2. The lowest BCUT2D eigenvalue weighted by atomic mass is 9.83. The van der Waals surface area contributed by atoms with Gasteiger partial charge in [-0.05, 0) is 16.8 Å². The Bertz CT molecular complexity index is 1450. The first-order valence-corrected chi connectivity index (χ1v) is 10.0. The molecule has 3 heterocycles. The Morgan fingerprint density at radius 2 is 2.06 bits per heavy atom. The second-order valence-corrected chi connectivity index (χ2v) is 7.50. The van der Waals surface area contributed by atoms with Crippen LogP contribution in [0, 0.1) is 11.3 Å². The number of aromatic nitrogens is 7. The van der Waals surface area contributed by atoms with Crippen molar-refractivity contribution in [1.82, 2.24) is 34.9 Å². The molecule has 0 bridgehead atoms. The molecule has 34 heavy (non-hydrogen) atoms. The molecule has 2 atom stereocenters. The third kappa shape index (κ3) is 3.99. The van der Waals surface area contributed by atoms with Crippen molar-refractivity contribution >= 4 is 11.6 Å². The summed E-state index contributed by atoms with van der Waals surface area (Å²) < 4.78 is 5.83. The molecule has 0 unspecified atom stereocenters. The highest BCUT2D eigenvalue weighted by Crippen LogP contribution is 2.37. The van der Waals surface area contributed by atoms with Crippen molar-refractivity contribution < 1.29 is 14.4 Å². The molecular formula is C21H19N9O4. The number of rotatable bonds is 6. The first-order valence-electron chi connectivity index (χ1n) is 10.0. The van der Waals surface area contributed by atoms with Crippen molar-refractivity contribution in [3.63, 3.8) is 0 Å². The molecule has 1 amide bonds. The zero-order valence-electron chi connectivity index (χ0n) is 18.4. The van der Waals surface area contributed by atoms with Crippen LogP contribution in [-0.2, 0) is 14.1 Å². The van der Waals surface area contributed by atoms with Crippen LogP contribution in [0.15, 0.2) is 46.0 Å². The Labute approximate surface area is 192 Å². The van der Waals surface area contributed by atoms with Crippen LogP contribution in [0.25, 0.3) is 0 Å². The third-order valence-electron chi connectivity index (χ3n) is 5.33. The largest absolute Gasteiger partial charge is 0.501 e. The number of nitriles is 1. The lowest BCUT2D eigenvalue weighted by Crippen LogP contribution is -2.29. The number of anilines is 1. The number of nitrogens with zero attached hydrogens (tertiary/aromatic N) is 8. The van der Waals surface area contributed by atoms with E-state index in [1.807, 2.05) is 0 Å². The molecular weight excluding hydrogens is 442 g/mol. The summed E-state index contributed by atoms with van der Waals surface area (Å²) in [5.74, 6) is -2.41. The highest BCUT2D eigenvalue weighted by Gasteiger charge is 2.33. The Hall–Kier alpha value is -4.86. The second-order valence-electron chi connectivity index (χ2n) is 7.50. The summed E-state index contributed by atoms with van der Waals surface area (Å²) in [5, 5.41) is 38.3. The van der Waals surface area contributed by atoms with E-state index in [-0.39, 0.29) is 11.5 Å². The van der Waals surface area contributed by atoms with E-state index in [1.54, 1.807) is 38.2 Å². The molecule has 0 radical (unpaired) electrons. The SMILES string of the molecule is C[C@H](c1nc(C(=O)Nc2cnoc2)c(O)c(=O)n1C)[C@@H](c1nnn(C)n1)c1ccccc1C#N. The van der Waals surface area contributed by atoms with Crippen molar-refractivity contribution in [3.8, 4) is 11.8 Å². The Morgan fingerprint density at radius 1 is 1.29 bits per heavy atom. The number of tetrazole rings is 1. The minimum absolute atomic E-state index is 0.170. The van der Waals surface area contributed by atoms with Gasteiger partial charge in [-0.2, -0.15) is 10.1 Å². The normalized spacial score (nSPS) is 12.6. The van der Waals surface area contributed by atoms with E-state index in [4.69, 9.17) is 0 Å². The highest BCUT2D eigenvalue weighted by atomic mass is 16.5. The third-order valence-corrected chi connectivity index (χ3v) is 5.33. The summed E-state index contributed by atoms with van der Waals surface area (Å²) in [7, 11) is 3.04. The minimum atomic E-state index is -0.821. The van der Waals surface area contributed by atoms with E-state index in [0.29, 0.717) is 17.0 Å². The Morgan fingerprint density at radius 3 is 2.71 bits per heavy atom. The molecule has 0 aliphatic rings. The van der Waals surface area contributed by atoms with Gasteiger partial charge in [0.1, 0.15) is 17.8 Å². The van der Waals surface area contributed by atoms with Crippen molar-refractivity contribution in [2.24, 2.45) is 14.1 Å². The van der Waals surface area contributed by atoms with E-state index < -0.39 is 34.7 Å². The van der Waals surface area contributed by atoms with Gasteiger partial charge in [0.05, 0.1) is 30.8 Å². The number of nitrogens with one attached hydrogen (secondary N) is 1. The molecule has 0 saturated carbocycles. The monoisotopic (exact) mass is 461 g/mol. The highest BCUT2D eigenvalue weighted by molar-refractivity contribution is 6.04. The maximum Gasteiger partial charge on any atom is 0.296 e. The fourth-order valence-electron chi connectivity index (χ4n) is 3.70. The number of carbonyl (C=O) groups is 1. The number of benzene rings is 1. The molecule has 1 aromatic carbocycles. The molecule has 0 saturated heterocycles. The van der Waals surface area contributed by atoms with Crippen molar-refractivity contribution in [1.29, 1.82) is 5.26 Å². The first kappa shape index (κ1) is 22.3. The van der Waals surface area contributed by atoms with Gasteiger partial charge in [0.2, 0.25) is 5.75 Å². The van der Waals surface area contributed by atoms with Crippen LogP contribution in [0.3, 0.4) is 0 Å². The number of amides is 1. The van der Waals surface area contributed by atoms with Gasteiger partial charge in [0.25, 0.3) is 11.5 Å². The minimum Gasteiger partial charge on any atom is -0.501 e. The fraction of sp³-hybridized carbons (Fsp3) is 0.238. The van der Waals surface area contributed by atoms with Crippen LogP contribution < -0.4 is 10.9 Å². The second kappa shape index (κ2) is 8.94. The van der Waals surface area contributed by atoms with Gasteiger partial charge in [-0.3, -0.25) is 14.2 Å². The molecule has 13 heteroatoms. The molecule has 0 spiro atoms. The van der Waals surface area contributed by atoms with E-state index in [0.717, 1.165) is 4.57 Å². The number of aromatic hydroxyl groups is 1. The molecule has 4 rings (SSSR count). The lowest BCUT2D eigenvalue weighted by Gasteiger charge is -2.24.